The Kier molecular flexibility index (Phi) is 3.36. The number of nitrogens with one attached hydrogen (secondary N) is 1. The molecule has 4 bridgehead atoms. The maximum absolute atomic E-state index is 12.1. The highest BCUT2D eigenvalue weighted by molar-refractivity contribution is 5.78. The normalized spacial score (nSPS) is 39.9. The van der Waals surface area contributed by atoms with Gasteiger partial charge in [0.25, 0.3) is 0 Å². The highest BCUT2D eigenvalue weighted by Gasteiger charge is 2.50. The molecule has 0 atom stereocenters. The van der Waals surface area contributed by atoms with E-state index in [0.29, 0.717) is 18.1 Å². The number of likely N-dealkylation sites (N-methyl/N-ethyl adjacent to an activating group) is 1. The molecule has 0 unspecified atom stereocenters. The molecular formula is C16H28N2O. The van der Waals surface area contributed by atoms with Gasteiger partial charge >= 0.3 is 0 Å². The minimum absolute atomic E-state index is 0.241. The van der Waals surface area contributed by atoms with Crippen LogP contribution in [0.2, 0.25) is 0 Å². The predicted octanol–water partition coefficient (Wildman–Crippen LogP) is 2.41. The zero-order chi connectivity index (χ0) is 13.6. The van der Waals surface area contributed by atoms with E-state index in [-0.39, 0.29) is 5.91 Å². The summed E-state index contributed by atoms with van der Waals surface area (Å²) >= 11 is 0. The van der Waals surface area contributed by atoms with Gasteiger partial charge in [-0.2, -0.15) is 0 Å². The van der Waals surface area contributed by atoms with Gasteiger partial charge in [-0.1, -0.05) is 0 Å². The Bertz CT molecular complexity index is 328. The van der Waals surface area contributed by atoms with Crippen LogP contribution in [0.1, 0.15) is 52.4 Å². The highest BCUT2D eigenvalue weighted by atomic mass is 16.2. The van der Waals surface area contributed by atoms with Gasteiger partial charge in [0.2, 0.25) is 5.91 Å². The second kappa shape index (κ2) is 4.76. The minimum atomic E-state index is 0.241. The van der Waals surface area contributed by atoms with Crippen molar-refractivity contribution < 1.29 is 4.79 Å². The third-order valence-corrected chi connectivity index (χ3v) is 5.82. The molecule has 0 radical (unpaired) electrons. The average molecular weight is 264 g/mol. The maximum atomic E-state index is 12.1. The fraction of sp³-hybridized carbons (Fsp3) is 0.938. The van der Waals surface area contributed by atoms with Crippen LogP contribution in [-0.4, -0.2) is 36.0 Å². The summed E-state index contributed by atoms with van der Waals surface area (Å²) in [4.78, 5) is 14.0. The van der Waals surface area contributed by atoms with E-state index < -0.39 is 0 Å². The zero-order valence-corrected chi connectivity index (χ0v) is 12.6. The van der Waals surface area contributed by atoms with Crippen molar-refractivity contribution in [3.63, 3.8) is 0 Å². The summed E-state index contributed by atoms with van der Waals surface area (Å²) in [5.74, 6) is 3.07. The Hall–Kier alpha value is -0.570. The van der Waals surface area contributed by atoms with Crippen molar-refractivity contribution in [3.8, 4) is 0 Å². The highest BCUT2D eigenvalue weighted by Crippen LogP contribution is 2.55. The summed E-state index contributed by atoms with van der Waals surface area (Å²) in [7, 11) is 1.91. The molecule has 4 saturated carbocycles. The fourth-order valence-corrected chi connectivity index (χ4v) is 5.00. The van der Waals surface area contributed by atoms with Crippen LogP contribution in [0.5, 0.6) is 0 Å². The molecule has 0 saturated heterocycles. The lowest BCUT2D eigenvalue weighted by Gasteiger charge is -2.57. The van der Waals surface area contributed by atoms with E-state index in [9.17, 15) is 4.79 Å². The van der Waals surface area contributed by atoms with E-state index in [0.717, 1.165) is 17.8 Å². The molecule has 1 amide bonds. The van der Waals surface area contributed by atoms with Gasteiger partial charge in [0.1, 0.15) is 0 Å². The third kappa shape index (κ3) is 2.54. The number of carbonyl (C=O) groups is 1. The predicted molar refractivity (Wildman–Crippen MR) is 76.8 cm³/mol. The van der Waals surface area contributed by atoms with Crippen molar-refractivity contribution in [2.24, 2.45) is 17.8 Å². The molecule has 0 aromatic rings. The molecule has 0 heterocycles. The monoisotopic (exact) mass is 264 g/mol. The summed E-state index contributed by atoms with van der Waals surface area (Å²) < 4.78 is 0. The first-order valence-electron chi connectivity index (χ1n) is 7.98. The lowest BCUT2D eigenvalue weighted by molar-refractivity contribution is -0.131. The van der Waals surface area contributed by atoms with Gasteiger partial charge in [-0.05, 0) is 70.1 Å². The van der Waals surface area contributed by atoms with Crippen LogP contribution in [0.3, 0.4) is 0 Å². The molecule has 0 aromatic carbocycles. The van der Waals surface area contributed by atoms with Crippen LogP contribution in [0, 0.1) is 17.8 Å². The molecular weight excluding hydrogens is 236 g/mol. The Morgan fingerprint density at radius 1 is 1.16 bits per heavy atom. The zero-order valence-electron chi connectivity index (χ0n) is 12.6. The Balaban J connectivity index is 1.59. The lowest BCUT2D eigenvalue weighted by atomic mass is 9.53. The first-order chi connectivity index (χ1) is 8.97. The third-order valence-electron chi connectivity index (χ3n) is 5.82. The van der Waals surface area contributed by atoms with Crippen molar-refractivity contribution >= 4 is 5.91 Å². The Morgan fingerprint density at radius 3 is 2.05 bits per heavy atom. The topological polar surface area (TPSA) is 32.3 Å². The number of hydrogen-bond acceptors (Lipinski definition) is 2. The fourth-order valence-electron chi connectivity index (χ4n) is 5.00. The molecule has 1 N–H and O–H groups in total. The van der Waals surface area contributed by atoms with Gasteiger partial charge in [0.15, 0.2) is 0 Å². The molecule has 0 aromatic heterocycles. The number of carbonyl (C=O) groups excluding carboxylic acids is 1. The van der Waals surface area contributed by atoms with E-state index in [4.69, 9.17) is 0 Å². The number of amides is 1. The van der Waals surface area contributed by atoms with Gasteiger partial charge in [0, 0.05) is 18.6 Å². The smallest absolute Gasteiger partial charge is 0.236 e. The largest absolute Gasteiger partial charge is 0.342 e. The molecule has 108 valence electrons. The van der Waals surface area contributed by atoms with Crippen LogP contribution in [-0.2, 0) is 4.79 Å². The van der Waals surface area contributed by atoms with E-state index in [1.807, 2.05) is 11.9 Å². The first-order valence-corrected chi connectivity index (χ1v) is 7.98. The Labute approximate surface area is 117 Å². The van der Waals surface area contributed by atoms with Crippen LogP contribution in [0.4, 0.5) is 0 Å². The maximum Gasteiger partial charge on any atom is 0.236 e. The van der Waals surface area contributed by atoms with E-state index >= 15 is 0 Å². The summed E-state index contributed by atoms with van der Waals surface area (Å²) in [6.07, 6.45) is 8.33. The number of rotatable bonds is 4. The van der Waals surface area contributed by atoms with Gasteiger partial charge in [-0.25, -0.2) is 0 Å². The number of nitrogens with zero attached hydrogens (tertiary/aromatic N) is 1. The SMILES string of the molecule is CC(C)N(C)C(=O)CNC12CC3CC(CC(C3)C1)C2. The molecule has 3 heteroatoms. The van der Waals surface area contributed by atoms with Crippen LogP contribution < -0.4 is 5.32 Å². The van der Waals surface area contributed by atoms with Crippen molar-refractivity contribution in [2.75, 3.05) is 13.6 Å². The van der Waals surface area contributed by atoms with Gasteiger partial charge in [-0.3, -0.25) is 4.79 Å². The molecule has 4 aliphatic rings. The molecule has 0 spiro atoms. The van der Waals surface area contributed by atoms with Crippen molar-refractivity contribution in [1.82, 2.24) is 10.2 Å². The van der Waals surface area contributed by atoms with Crippen molar-refractivity contribution in [2.45, 2.75) is 64.0 Å². The molecule has 0 aliphatic heterocycles. The van der Waals surface area contributed by atoms with E-state index in [2.05, 4.69) is 19.2 Å². The van der Waals surface area contributed by atoms with Gasteiger partial charge < -0.3 is 10.2 Å². The summed E-state index contributed by atoms with van der Waals surface area (Å²) in [5.41, 5.74) is 0.308. The van der Waals surface area contributed by atoms with Gasteiger partial charge in [0.05, 0.1) is 6.54 Å². The van der Waals surface area contributed by atoms with Crippen LogP contribution in [0.25, 0.3) is 0 Å². The standard InChI is InChI=1S/C16H28N2O/c1-11(2)18(3)15(19)10-17-16-7-12-4-13(8-16)6-14(5-12)9-16/h11-14,17H,4-10H2,1-3H3. The second-order valence-corrected chi connectivity index (χ2v) is 7.65. The van der Waals surface area contributed by atoms with Crippen molar-refractivity contribution in [1.29, 1.82) is 0 Å². The molecule has 3 nitrogen and oxygen atoms in total. The van der Waals surface area contributed by atoms with E-state index in [1.54, 1.807) is 0 Å². The summed E-state index contributed by atoms with van der Waals surface area (Å²) in [6.45, 7) is 4.67. The molecule has 19 heavy (non-hydrogen) atoms. The van der Waals surface area contributed by atoms with Crippen LogP contribution in [0.15, 0.2) is 0 Å². The minimum Gasteiger partial charge on any atom is -0.342 e. The average Bonchev–Trinajstić information content (AvgIpc) is 2.33. The van der Waals surface area contributed by atoms with E-state index in [1.165, 1.54) is 38.5 Å². The van der Waals surface area contributed by atoms with Crippen molar-refractivity contribution in [3.05, 3.63) is 0 Å². The summed E-state index contributed by atoms with van der Waals surface area (Å²) in [6, 6.07) is 0.297. The molecule has 4 aliphatic carbocycles. The van der Waals surface area contributed by atoms with Crippen LogP contribution >= 0.6 is 0 Å². The molecule has 4 rings (SSSR count). The van der Waals surface area contributed by atoms with Gasteiger partial charge in [-0.15, -0.1) is 0 Å². The summed E-state index contributed by atoms with van der Waals surface area (Å²) in [5, 5.41) is 3.67. The Morgan fingerprint density at radius 2 is 1.63 bits per heavy atom. The number of hydrogen-bond donors (Lipinski definition) is 1. The molecule has 4 fully saturated rings. The quantitative estimate of drug-likeness (QED) is 0.845. The second-order valence-electron chi connectivity index (χ2n) is 7.65. The first kappa shape index (κ1) is 13.4. The lowest BCUT2D eigenvalue weighted by Crippen LogP contribution is -2.60.